The second-order valence-electron chi connectivity index (χ2n) is 3.43. The van der Waals surface area contributed by atoms with E-state index in [1.807, 2.05) is 26.0 Å². The van der Waals surface area contributed by atoms with Crippen LogP contribution in [0.3, 0.4) is 0 Å². The van der Waals surface area contributed by atoms with Gasteiger partial charge in [-0.1, -0.05) is 18.5 Å². The van der Waals surface area contributed by atoms with E-state index >= 15 is 0 Å². The topological polar surface area (TPSA) is 33.0 Å². The number of methoxy groups -OCH3 is 1. The van der Waals surface area contributed by atoms with Gasteiger partial charge in [0.1, 0.15) is 5.75 Å². The summed E-state index contributed by atoms with van der Waals surface area (Å²) in [6, 6.07) is 5.97. The van der Waals surface area contributed by atoms with Crippen LogP contribution in [0.15, 0.2) is 12.1 Å². The molecule has 0 saturated carbocycles. The van der Waals surface area contributed by atoms with Gasteiger partial charge in [-0.2, -0.15) is 5.26 Å². The van der Waals surface area contributed by atoms with E-state index in [1.54, 1.807) is 7.11 Å². The minimum Gasteiger partial charge on any atom is -0.495 e. The quantitative estimate of drug-likeness (QED) is 0.783. The molecule has 0 heterocycles. The summed E-state index contributed by atoms with van der Waals surface area (Å²) in [5.41, 5.74) is 2.04. The SMILES string of the molecule is CCC(C#N)c1cc(Cl)c(OC)cc1C. The maximum atomic E-state index is 9.00. The van der Waals surface area contributed by atoms with Crippen LogP contribution >= 0.6 is 11.6 Å². The molecule has 80 valence electrons. The molecule has 0 fully saturated rings. The maximum absolute atomic E-state index is 9.00. The van der Waals surface area contributed by atoms with Crippen LogP contribution in [0.2, 0.25) is 5.02 Å². The first-order valence-electron chi connectivity index (χ1n) is 4.87. The van der Waals surface area contributed by atoms with E-state index in [1.165, 1.54) is 0 Å². The van der Waals surface area contributed by atoms with Crippen LogP contribution in [0.1, 0.15) is 30.4 Å². The summed E-state index contributed by atoms with van der Waals surface area (Å²) < 4.78 is 5.11. The lowest BCUT2D eigenvalue weighted by molar-refractivity contribution is 0.414. The molecule has 0 aromatic heterocycles. The molecule has 1 aromatic rings. The average Bonchev–Trinajstić information content (AvgIpc) is 2.24. The summed E-state index contributed by atoms with van der Waals surface area (Å²) in [6.07, 6.45) is 0.792. The number of benzene rings is 1. The zero-order chi connectivity index (χ0) is 11.4. The highest BCUT2D eigenvalue weighted by molar-refractivity contribution is 6.32. The standard InChI is InChI=1S/C12H14ClNO/c1-4-9(7-14)10-6-11(13)12(15-3)5-8(10)2/h5-6,9H,4H2,1-3H3. The number of halogens is 1. The highest BCUT2D eigenvalue weighted by atomic mass is 35.5. The van der Waals surface area contributed by atoms with Crippen molar-refractivity contribution < 1.29 is 4.74 Å². The van der Waals surface area contributed by atoms with Crippen molar-refractivity contribution in [1.29, 1.82) is 5.26 Å². The van der Waals surface area contributed by atoms with Crippen LogP contribution in [0, 0.1) is 18.3 Å². The molecular formula is C12H14ClNO. The predicted molar refractivity (Wildman–Crippen MR) is 61.4 cm³/mol. The molecule has 0 bridgehead atoms. The molecule has 2 nitrogen and oxygen atoms in total. The molecule has 1 unspecified atom stereocenters. The molecule has 3 heteroatoms. The zero-order valence-corrected chi connectivity index (χ0v) is 9.93. The van der Waals surface area contributed by atoms with E-state index in [0.717, 1.165) is 17.5 Å². The lowest BCUT2D eigenvalue weighted by Crippen LogP contribution is -1.98. The van der Waals surface area contributed by atoms with Gasteiger partial charge in [-0.05, 0) is 36.6 Å². The largest absolute Gasteiger partial charge is 0.495 e. The predicted octanol–water partition coefficient (Wildman–Crippen LogP) is 3.67. The van der Waals surface area contributed by atoms with Gasteiger partial charge in [0, 0.05) is 0 Å². The summed E-state index contributed by atoms with van der Waals surface area (Å²) in [5, 5.41) is 9.56. The van der Waals surface area contributed by atoms with E-state index in [-0.39, 0.29) is 5.92 Å². The number of hydrogen-bond donors (Lipinski definition) is 0. The van der Waals surface area contributed by atoms with Crippen molar-refractivity contribution in [2.24, 2.45) is 0 Å². The number of ether oxygens (including phenoxy) is 1. The molecule has 1 rings (SSSR count). The third-order valence-electron chi connectivity index (χ3n) is 2.48. The Bertz CT molecular complexity index is 395. The molecule has 0 N–H and O–H groups in total. The first kappa shape index (κ1) is 11.9. The van der Waals surface area contributed by atoms with Crippen LogP contribution in [-0.4, -0.2) is 7.11 Å². The van der Waals surface area contributed by atoms with Crippen LogP contribution in [0.25, 0.3) is 0 Å². The Kier molecular flexibility index (Phi) is 3.99. The van der Waals surface area contributed by atoms with Gasteiger partial charge < -0.3 is 4.74 Å². The van der Waals surface area contributed by atoms with E-state index in [2.05, 4.69) is 6.07 Å². The Morgan fingerprint density at radius 2 is 2.20 bits per heavy atom. The average molecular weight is 224 g/mol. The Morgan fingerprint density at radius 1 is 1.53 bits per heavy atom. The van der Waals surface area contributed by atoms with Crippen molar-refractivity contribution in [2.45, 2.75) is 26.2 Å². The number of nitrogens with zero attached hydrogens (tertiary/aromatic N) is 1. The normalized spacial score (nSPS) is 11.9. The zero-order valence-electron chi connectivity index (χ0n) is 9.17. The fourth-order valence-electron chi connectivity index (χ4n) is 1.58. The van der Waals surface area contributed by atoms with Crippen molar-refractivity contribution in [2.75, 3.05) is 7.11 Å². The Balaban J connectivity index is 3.22. The number of rotatable bonds is 3. The molecule has 0 radical (unpaired) electrons. The van der Waals surface area contributed by atoms with Crippen molar-refractivity contribution in [3.05, 3.63) is 28.3 Å². The Morgan fingerprint density at radius 3 is 2.67 bits per heavy atom. The molecule has 0 amide bonds. The second kappa shape index (κ2) is 5.04. The van der Waals surface area contributed by atoms with Gasteiger partial charge in [0.25, 0.3) is 0 Å². The van der Waals surface area contributed by atoms with Crippen molar-refractivity contribution in [3.8, 4) is 11.8 Å². The molecule has 15 heavy (non-hydrogen) atoms. The number of nitriles is 1. The van der Waals surface area contributed by atoms with Crippen molar-refractivity contribution in [3.63, 3.8) is 0 Å². The van der Waals surface area contributed by atoms with E-state index < -0.39 is 0 Å². The summed E-state index contributed by atoms with van der Waals surface area (Å²) in [5.74, 6) is 0.569. The first-order valence-corrected chi connectivity index (χ1v) is 5.25. The van der Waals surface area contributed by atoms with Crippen LogP contribution in [-0.2, 0) is 0 Å². The summed E-state index contributed by atoms with van der Waals surface area (Å²) >= 11 is 6.03. The second-order valence-corrected chi connectivity index (χ2v) is 3.84. The summed E-state index contributed by atoms with van der Waals surface area (Å²) in [4.78, 5) is 0. The minimum atomic E-state index is -0.0894. The van der Waals surface area contributed by atoms with Gasteiger partial charge in [-0.15, -0.1) is 0 Å². The van der Waals surface area contributed by atoms with Crippen LogP contribution < -0.4 is 4.74 Å². The molecule has 0 aliphatic rings. The van der Waals surface area contributed by atoms with Gasteiger partial charge in [0.15, 0.2) is 0 Å². The van der Waals surface area contributed by atoms with Gasteiger partial charge in [0.2, 0.25) is 0 Å². The van der Waals surface area contributed by atoms with E-state index in [9.17, 15) is 0 Å². The van der Waals surface area contributed by atoms with Gasteiger partial charge in [0.05, 0.1) is 24.1 Å². The van der Waals surface area contributed by atoms with Crippen LogP contribution in [0.5, 0.6) is 5.75 Å². The smallest absolute Gasteiger partial charge is 0.137 e. The number of aryl methyl sites for hydroxylation is 1. The lowest BCUT2D eigenvalue weighted by atomic mass is 9.94. The Labute approximate surface area is 95.4 Å². The first-order chi connectivity index (χ1) is 7.13. The molecule has 0 spiro atoms. The van der Waals surface area contributed by atoms with Crippen molar-refractivity contribution in [1.82, 2.24) is 0 Å². The van der Waals surface area contributed by atoms with Crippen molar-refractivity contribution >= 4 is 11.6 Å². The third-order valence-corrected chi connectivity index (χ3v) is 2.78. The summed E-state index contributed by atoms with van der Waals surface area (Å²) in [7, 11) is 1.59. The van der Waals surface area contributed by atoms with E-state index in [4.69, 9.17) is 21.6 Å². The molecular weight excluding hydrogens is 210 g/mol. The molecule has 0 aliphatic heterocycles. The summed E-state index contributed by atoms with van der Waals surface area (Å²) in [6.45, 7) is 3.96. The van der Waals surface area contributed by atoms with Crippen LogP contribution in [0.4, 0.5) is 0 Å². The molecule has 0 aliphatic carbocycles. The minimum absolute atomic E-state index is 0.0894. The lowest BCUT2D eigenvalue weighted by Gasteiger charge is -2.13. The molecule has 0 saturated heterocycles. The highest BCUT2D eigenvalue weighted by Gasteiger charge is 2.13. The molecule has 1 aromatic carbocycles. The number of hydrogen-bond acceptors (Lipinski definition) is 2. The van der Waals surface area contributed by atoms with Gasteiger partial charge >= 0.3 is 0 Å². The van der Waals surface area contributed by atoms with E-state index in [0.29, 0.717) is 10.8 Å². The molecule has 1 atom stereocenters. The van der Waals surface area contributed by atoms with Gasteiger partial charge in [-0.25, -0.2) is 0 Å². The highest BCUT2D eigenvalue weighted by Crippen LogP contribution is 2.32. The fourth-order valence-corrected chi connectivity index (χ4v) is 1.83. The monoisotopic (exact) mass is 223 g/mol. The third kappa shape index (κ3) is 2.43. The van der Waals surface area contributed by atoms with Gasteiger partial charge in [-0.3, -0.25) is 0 Å². The fraction of sp³-hybridized carbons (Fsp3) is 0.417. The Hall–Kier alpha value is -1.20. The maximum Gasteiger partial charge on any atom is 0.137 e.